The van der Waals surface area contributed by atoms with Crippen molar-refractivity contribution in [2.75, 3.05) is 19.6 Å². The van der Waals surface area contributed by atoms with Gasteiger partial charge in [-0.3, -0.25) is 0 Å². The standard InChI is InChI=1S/C28H32N4O/c1-20(2)23-5-3-6-24(15-23)27-17-30-32-18-25(16-29-28(27)32)22-10-8-21(9-11-22)12-14-31-13-4-7-26(33)19-31/h3,5-6,8-11,15-18,20,26,33H,4,7,12-14,19H2,1-2H3. The van der Waals surface area contributed by atoms with Crippen molar-refractivity contribution in [3.8, 4) is 22.3 Å². The van der Waals surface area contributed by atoms with Gasteiger partial charge in [0, 0.05) is 36.6 Å². The van der Waals surface area contributed by atoms with E-state index in [0.717, 1.165) is 66.8 Å². The number of hydrogen-bond donors (Lipinski definition) is 1. The molecule has 5 nitrogen and oxygen atoms in total. The Balaban J connectivity index is 1.32. The molecule has 5 rings (SSSR count). The minimum atomic E-state index is -0.162. The van der Waals surface area contributed by atoms with Gasteiger partial charge < -0.3 is 10.0 Å². The molecule has 3 heterocycles. The predicted molar refractivity (Wildman–Crippen MR) is 133 cm³/mol. The number of likely N-dealkylation sites (tertiary alicyclic amines) is 1. The van der Waals surface area contributed by atoms with Gasteiger partial charge in [0.15, 0.2) is 5.65 Å². The third kappa shape index (κ3) is 4.85. The summed E-state index contributed by atoms with van der Waals surface area (Å²) in [6.45, 7) is 7.32. The highest BCUT2D eigenvalue weighted by Crippen LogP contribution is 2.28. The van der Waals surface area contributed by atoms with E-state index in [1.807, 2.05) is 16.9 Å². The second-order valence-corrected chi connectivity index (χ2v) is 9.49. The maximum atomic E-state index is 9.86. The van der Waals surface area contributed by atoms with Gasteiger partial charge in [0.25, 0.3) is 0 Å². The Hall–Kier alpha value is -3.02. The van der Waals surface area contributed by atoms with Crippen LogP contribution in [0, 0.1) is 0 Å². The van der Waals surface area contributed by atoms with Crippen molar-refractivity contribution in [2.45, 2.75) is 45.1 Å². The number of fused-ring (bicyclic) bond motifs is 1. The van der Waals surface area contributed by atoms with Crippen molar-refractivity contribution in [3.63, 3.8) is 0 Å². The van der Waals surface area contributed by atoms with Crippen LogP contribution in [-0.2, 0) is 6.42 Å². The van der Waals surface area contributed by atoms with Gasteiger partial charge in [-0.2, -0.15) is 5.10 Å². The molecule has 2 aromatic carbocycles. The summed E-state index contributed by atoms with van der Waals surface area (Å²) >= 11 is 0. The van der Waals surface area contributed by atoms with E-state index in [2.05, 4.69) is 78.6 Å². The molecule has 0 bridgehead atoms. The van der Waals surface area contributed by atoms with Gasteiger partial charge in [0.1, 0.15) is 0 Å². The number of β-amino-alcohol motifs (C(OH)–C–C–N with tert-alkyl or cyclic N) is 1. The zero-order valence-corrected chi connectivity index (χ0v) is 19.5. The Kier molecular flexibility index (Phi) is 6.25. The molecule has 0 aliphatic carbocycles. The van der Waals surface area contributed by atoms with Gasteiger partial charge in [-0.15, -0.1) is 0 Å². The molecule has 2 aromatic heterocycles. The van der Waals surface area contributed by atoms with Crippen LogP contribution in [0.1, 0.15) is 43.7 Å². The molecule has 4 aromatic rings. The molecule has 0 radical (unpaired) electrons. The molecule has 1 saturated heterocycles. The molecule has 0 amide bonds. The third-order valence-electron chi connectivity index (χ3n) is 6.71. The van der Waals surface area contributed by atoms with Gasteiger partial charge >= 0.3 is 0 Å². The first-order valence-corrected chi connectivity index (χ1v) is 12.0. The fraction of sp³-hybridized carbons (Fsp3) is 0.357. The molecule has 170 valence electrons. The third-order valence-corrected chi connectivity index (χ3v) is 6.71. The molecular formula is C28H32N4O. The lowest BCUT2D eigenvalue weighted by atomic mass is 9.98. The van der Waals surface area contributed by atoms with Crippen LogP contribution in [0.15, 0.2) is 67.1 Å². The fourth-order valence-corrected chi connectivity index (χ4v) is 4.68. The van der Waals surface area contributed by atoms with Crippen LogP contribution < -0.4 is 0 Å². The van der Waals surface area contributed by atoms with Crippen LogP contribution in [0.5, 0.6) is 0 Å². The molecule has 0 saturated carbocycles. The summed E-state index contributed by atoms with van der Waals surface area (Å²) in [5, 5.41) is 14.4. The normalized spacial score (nSPS) is 17.2. The topological polar surface area (TPSA) is 53.7 Å². The lowest BCUT2D eigenvalue weighted by molar-refractivity contribution is 0.0714. The van der Waals surface area contributed by atoms with E-state index in [1.165, 1.54) is 11.1 Å². The smallest absolute Gasteiger partial charge is 0.162 e. The molecule has 1 N–H and O–H groups in total. The average Bonchev–Trinajstić information content (AvgIpc) is 3.26. The van der Waals surface area contributed by atoms with E-state index in [-0.39, 0.29) is 6.10 Å². The first-order valence-electron chi connectivity index (χ1n) is 12.0. The summed E-state index contributed by atoms with van der Waals surface area (Å²) < 4.78 is 1.88. The van der Waals surface area contributed by atoms with E-state index in [4.69, 9.17) is 4.98 Å². The lowest BCUT2D eigenvalue weighted by Gasteiger charge is -2.29. The van der Waals surface area contributed by atoms with Crippen LogP contribution >= 0.6 is 0 Å². The average molecular weight is 441 g/mol. The van der Waals surface area contributed by atoms with E-state index in [0.29, 0.717) is 5.92 Å². The van der Waals surface area contributed by atoms with Crippen molar-refractivity contribution < 1.29 is 5.11 Å². The largest absolute Gasteiger partial charge is 0.392 e. The fourth-order valence-electron chi connectivity index (χ4n) is 4.68. The van der Waals surface area contributed by atoms with Gasteiger partial charge in [0.05, 0.1) is 12.3 Å². The summed E-state index contributed by atoms with van der Waals surface area (Å²) in [6, 6.07) is 17.4. The van der Waals surface area contributed by atoms with Crippen molar-refractivity contribution in [3.05, 3.63) is 78.2 Å². The van der Waals surface area contributed by atoms with Crippen molar-refractivity contribution in [1.29, 1.82) is 0 Å². The summed E-state index contributed by atoms with van der Waals surface area (Å²) in [5.41, 5.74) is 7.92. The summed E-state index contributed by atoms with van der Waals surface area (Å²) in [6.07, 6.45) is 8.78. The van der Waals surface area contributed by atoms with Crippen molar-refractivity contribution in [1.82, 2.24) is 19.5 Å². The molecule has 1 aliphatic rings. The number of benzene rings is 2. The van der Waals surface area contributed by atoms with Crippen LogP contribution in [0.3, 0.4) is 0 Å². The zero-order valence-electron chi connectivity index (χ0n) is 19.5. The Morgan fingerprint density at radius 2 is 1.88 bits per heavy atom. The first-order chi connectivity index (χ1) is 16.1. The van der Waals surface area contributed by atoms with Gasteiger partial charge in [-0.1, -0.05) is 62.4 Å². The second-order valence-electron chi connectivity index (χ2n) is 9.49. The highest BCUT2D eigenvalue weighted by molar-refractivity contribution is 5.78. The Labute approximate surface area is 195 Å². The minimum absolute atomic E-state index is 0.162. The van der Waals surface area contributed by atoms with Crippen LogP contribution in [0.2, 0.25) is 0 Å². The second kappa shape index (κ2) is 9.46. The van der Waals surface area contributed by atoms with E-state index >= 15 is 0 Å². The number of aromatic nitrogens is 3. The lowest BCUT2D eigenvalue weighted by Crippen LogP contribution is -2.39. The highest BCUT2D eigenvalue weighted by atomic mass is 16.3. The van der Waals surface area contributed by atoms with Crippen LogP contribution in [0.25, 0.3) is 27.9 Å². The van der Waals surface area contributed by atoms with Gasteiger partial charge in [0.2, 0.25) is 0 Å². The number of aliphatic hydroxyl groups excluding tert-OH is 1. The number of aliphatic hydroxyl groups is 1. The SMILES string of the molecule is CC(C)c1cccc(-c2cnn3cc(-c4ccc(CCN5CCCC(O)C5)cc4)cnc23)c1. The summed E-state index contributed by atoms with van der Waals surface area (Å²) in [4.78, 5) is 7.13. The molecule has 1 aliphatic heterocycles. The number of nitrogens with zero attached hydrogens (tertiary/aromatic N) is 4. The van der Waals surface area contributed by atoms with Crippen LogP contribution in [0.4, 0.5) is 0 Å². The summed E-state index contributed by atoms with van der Waals surface area (Å²) in [5.74, 6) is 0.487. The molecule has 1 unspecified atom stereocenters. The van der Waals surface area contributed by atoms with Gasteiger partial charge in [-0.05, 0) is 54.0 Å². The molecule has 33 heavy (non-hydrogen) atoms. The van der Waals surface area contributed by atoms with Crippen molar-refractivity contribution >= 4 is 5.65 Å². The van der Waals surface area contributed by atoms with Gasteiger partial charge in [-0.25, -0.2) is 9.50 Å². The molecule has 1 atom stereocenters. The molecule has 5 heteroatoms. The maximum Gasteiger partial charge on any atom is 0.162 e. The molecule has 0 spiro atoms. The first kappa shape index (κ1) is 21.8. The monoisotopic (exact) mass is 440 g/mol. The van der Waals surface area contributed by atoms with E-state index in [1.54, 1.807) is 0 Å². The summed E-state index contributed by atoms with van der Waals surface area (Å²) in [7, 11) is 0. The number of hydrogen-bond acceptors (Lipinski definition) is 4. The van der Waals surface area contributed by atoms with E-state index < -0.39 is 0 Å². The zero-order chi connectivity index (χ0) is 22.8. The Morgan fingerprint density at radius 3 is 2.67 bits per heavy atom. The highest BCUT2D eigenvalue weighted by Gasteiger charge is 2.17. The predicted octanol–water partition coefficient (Wildman–Crippen LogP) is 5.19. The number of rotatable bonds is 6. The number of piperidine rings is 1. The maximum absolute atomic E-state index is 9.86. The quantitative estimate of drug-likeness (QED) is 0.449. The minimum Gasteiger partial charge on any atom is -0.392 e. The van der Waals surface area contributed by atoms with E-state index in [9.17, 15) is 5.11 Å². The molecular weight excluding hydrogens is 408 g/mol. The molecule has 1 fully saturated rings. The Morgan fingerprint density at radius 1 is 1.03 bits per heavy atom. The van der Waals surface area contributed by atoms with Crippen molar-refractivity contribution in [2.24, 2.45) is 0 Å². The van der Waals surface area contributed by atoms with Crippen LogP contribution in [-0.4, -0.2) is 50.3 Å². The Bertz CT molecular complexity index is 1230.